The highest BCUT2D eigenvalue weighted by Gasteiger charge is 2.23. The maximum Gasteiger partial charge on any atom is 0.257 e. The lowest BCUT2D eigenvalue weighted by Crippen LogP contribution is -2.45. The van der Waals surface area contributed by atoms with E-state index in [9.17, 15) is 9.90 Å². The van der Waals surface area contributed by atoms with Gasteiger partial charge in [-0.25, -0.2) is 0 Å². The number of rotatable bonds is 1. The van der Waals surface area contributed by atoms with Gasteiger partial charge in [-0.15, -0.1) is 0 Å². The van der Waals surface area contributed by atoms with Crippen LogP contribution in [0.2, 0.25) is 0 Å². The fraction of sp³-hybridized carbons (Fsp3) is 0.462. The lowest BCUT2D eigenvalue weighted by Gasteiger charge is -2.31. The molecule has 1 amide bonds. The lowest BCUT2D eigenvalue weighted by atomic mass is 10.0. The molecule has 1 aromatic rings. The molecule has 1 unspecified atom stereocenters. The number of benzene rings is 1. The summed E-state index contributed by atoms with van der Waals surface area (Å²) in [7, 11) is 0. The molecule has 0 saturated carbocycles. The molecule has 1 fully saturated rings. The molecular formula is C13H18N2O2. The van der Waals surface area contributed by atoms with Crippen molar-refractivity contribution in [1.29, 1.82) is 0 Å². The summed E-state index contributed by atoms with van der Waals surface area (Å²) in [4.78, 5) is 13.9. The first-order valence-corrected chi connectivity index (χ1v) is 5.92. The van der Waals surface area contributed by atoms with Crippen LogP contribution in [0, 0.1) is 6.92 Å². The second-order valence-electron chi connectivity index (χ2n) is 4.67. The van der Waals surface area contributed by atoms with E-state index in [4.69, 9.17) is 5.73 Å². The zero-order chi connectivity index (χ0) is 12.4. The molecule has 0 aromatic heterocycles. The van der Waals surface area contributed by atoms with Crippen molar-refractivity contribution in [2.45, 2.75) is 25.8 Å². The molecule has 3 N–H and O–H groups in total. The van der Waals surface area contributed by atoms with Gasteiger partial charge in [0.2, 0.25) is 0 Å². The minimum atomic E-state index is -0.127. The molecule has 17 heavy (non-hydrogen) atoms. The summed E-state index contributed by atoms with van der Waals surface area (Å²) in [6.07, 6.45) is 1.89. The monoisotopic (exact) mass is 234 g/mol. The first-order valence-electron chi connectivity index (χ1n) is 5.92. The molecule has 1 heterocycles. The van der Waals surface area contributed by atoms with Gasteiger partial charge in [-0.3, -0.25) is 4.79 Å². The lowest BCUT2D eigenvalue weighted by molar-refractivity contribution is 0.0706. The molecular weight excluding hydrogens is 216 g/mol. The zero-order valence-electron chi connectivity index (χ0n) is 10.0. The summed E-state index contributed by atoms with van der Waals surface area (Å²) < 4.78 is 0. The van der Waals surface area contributed by atoms with Gasteiger partial charge in [0.25, 0.3) is 5.91 Å². The number of nitrogens with two attached hydrogens (primary N) is 1. The average Bonchev–Trinajstić information content (AvgIpc) is 2.28. The van der Waals surface area contributed by atoms with Crippen LogP contribution in [0.5, 0.6) is 5.75 Å². The Kier molecular flexibility index (Phi) is 3.33. The fourth-order valence-electron chi connectivity index (χ4n) is 2.19. The van der Waals surface area contributed by atoms with Gasteiger partial charge >= 0.3 is 0 Å². The number of piperidine rings is 1. The summed E-state index contributed by atoms with van der Waals surface area (Å²) in [6.45, 7) is 3.18. The van der Waals surface area contributed by atoms with Crippen LogP contribution in [0.25, 0.3) is 0 Å². The number of hydrogen-bond donors (Lipinski definition) is 2. The molecule has 0 bridgehead atoms. The third kappa shape index (κ3) is 2.58. The van der Waals surface area contributed by atoms with E-state index in [1.807, 2.05) is 13.0 Å². The van der Waals surface area contributed by atoms with E-state index < -0.39 is 0 Å². The Hall–Kier alpha value is -1.55. The standard InChI is InChI=1S/C13H18N2O2/c1-9-4-5-11(12(16)7-9)13(17)15-6-2-3-10(14)8-15/h4-5,7,10,16H,2-3,6,8,14H2,1H3. The quantitative estimate of drug-likeness (QED) is 0.769. The number of nitrogens with zero attached hydrogens (tertiary/aromatic N) is 1. The van der Waals surface area contributed by atoms with Gasteiger partial charge in [-0.05, 0) is 37.5 Å². The number of likely N-dealkylation sites (tertiary alicyclic amines) is 1. The summed E-state index contributed by atoms with van der Waals surface area (Å²) in [5, 5.41) is 9.78. The summed E-state index contributed by atoms with van der Waals surface area (Å²) in [5.74, 6) is -0.0770. The van der Waals surface area contributed by atoms with Crippen molar-refractivity contribution in [3.63, 3.8) is 0 Å². The van der Waals surface area contributed by atoms with Crippen LogP contribution in [0.3, 0.4) is 0 Å². The third-order valence-electron chi connectivity index (χ3n) is 3.13. The summed E-state index contributed by atoms with van der Waals surface area (Å²) >= 11 is 0. The maximum atomic E-state index is 12.2. The van der Waals surface area contributed by atoms with Gasteiger partial charge in [0.1, 0.15) is 5.75 Å². The Labute approximate surface area is 101 Å². The fourth-order valence-corrected chi connectivity index (χ4v) is 2.19. The topological polar surface area (TPSA) is 66.6 Å². The molecule has 0 radical (unpaired) electrons. The Bertz CT molecular complexity index is 431. The van der Waals surface area contributed by atoms with E-state index in [-0.39, 0.29) is 17.7 Å². The molecule has 1 aliphatic rings. The predicted octanol–water partition coefficient (Wildman–Crippen LogP) is 1.26. The molecule has 1 aromatic carbocycles. The van der Waals surface area contributed by atoms with Crippen molar-refractivity contribution in [2.24, 2.45) is 5.73 Å². The van der Waals surface area contributed by atoms with Crippen molar-refractivity contribution < 1.29 is 9.90 Å². The van der Waals surface area contributed by atoms with Crippen LogP contribution >= 0.6 is 0 Å². The third-order valence-corrected chi connectivity index (χ3v) is 3.13. The average molecular weight is 234 g/mol. The van der Waals surface area contributed by atoms with Crippen LogP contribution in [-0.2, 0) is 0 Å². The highest BCUT2D eigenvalue weighted by atomic mass is 16.3. The maximum absolute atomic E-state index is 12.2. The van der Waals surface area contributed by atoms with E-state index in [2.05, 4.69) is 0 Å². The Balaban J connectivity index is 2.18. The van der Waals surface area contributed by atoms with Gasteiger partial charge < -0.3 is 15.7 Å². The Morgan fingerprint density at radius 3 is 2.94 bits per heavy atom. The highest BCUT2D eigenvalue weighted by Crippen LogP contribution is 2.21. The molecule has 1 aliphatic heterocycles. The predicted molar refractivity (Wildman–Crippen MR) is 66.0 cm³/mol. The van der Waals surface area contributed by atoms with Crippen LogP contribution in [-0.4, -0.2) is 35.0 Å². The number of amides is 1. The molecule has 1 saturated heterocycles. The first-order chi connectivity index (χ1) is 8.08. The number of carbonyl (C=O) groups excluding carboxylic acids is 1. The molecule has 2 rings (SSSR count). The Morgan fingerprint density at radius 1 is 1.53 bits per heavy atom. The van der Waals surface area contributed by atoms with Gasteiger partial charge in [-0.1, -0.05) is 6.07 Å². The smallest absolute Gasteiger partial charge is 0.257 e. The molecule has 0 aliphatic carbocycles. The van der Waals surface area contributed by atoms with Crippen LogP contribution in [0.15, 0.2) is 18.2 Å². The number of phenols is 1. The summed E-state index contributed by atoms with van der Waals surface area (Å²) in [6, 6.07) is 5.17. The van der Waals surface area contributed by atoms with Crippen molar-refractivity contribution in [2.75, 3.05) is 13.1 Å². The normalized spacial score (nSPS) is 20.4. The number of aryl methyl sites for hydroxylation is 1. The van der Waals surface area contributed by atoms with E-state index in [0.29, 0.717) is 12.1 Å². The molecule has 4 heteroatoms. The number of phenolic OH excluding ortho intramolecular Hbond substituents is 1. The van der Waals surface area contributed by atoms with Crippen molar-refractivity contribution in [3.8, 4) is 5.75 Å². The Morgan fingerprint density at radius 2 is 2.29 bits per heavy atom. The van der Waals surface area contributed by atoms with E-state index in [1.165, 1.54) is 0 Å². The van der Waals surface area contributed by atoms with Crippen molar-refractivity contribution in [1.82, 2.24) is 4.90 Å². The number of aromatic hydroxyl groups is 1. The molecule has 92 valence electrons. The van der Waals surface area contributed by atoms with E-state index in [0.717, 1.165) is 24.9 Å². The second kappa shape index (κ2) is 4.75. The molecule has 4 nitrogen and oxygen atoms in total. The minimum Gasteiger partial charge on any atom is -0.507 e. The number of carbonyl (C=O) groups is 1. The molecule has 0 spiro atoms. The minimum absolute atomic E-state index is 0.0501. The van der Waals surface area contributed by atoms with Crippen LogP contribution in [0.4, 0.5) is 0 Å². The van der Waals surface area contributed by atoms with E-state index in [1.54, 1.807) is 17.0 Å². The van der Waals surface area contributed by atoms with E-state index >= 15 is 0 Å². The second-order valence-corrected chi connectivity index (χ2v) is 4.67. The van der Waals surface area contributed by atoms with Gasteiger partial charge in [0.15, 0.2) is 0 Å². The molecule has 1 atom stereocenters. The van der Waals surface area contributed by atoms with Gasteiger partial charge in [0, 0.05) is 19.1 Å². The SMILES string of the molecule is Cc1ccc(C(=O)N2CCCC(N)C2)c(O)c1. The first kappa shape index (κ1) is 11.9. The highest BCUT2D eigenvalue weighted by molar-refractivity contribution is 5.97. The van der Waals surface area contributed by atoms with Crippen molar-refractivity contribution in [3.05, 3.63) is 29.3 Å². The summed E-state index contributed by atoms with van der Waals surface area (Å²) in [5.41, 5.74) is 7.15. The zero-order valence-corrected chi connectivity index (χ0v) is 10.0. The largest absolute Gasteiger partial charge is 0.507 e. The number of hydrogen-bond acceptors (Lipinski definition) is 3. The van der Waals surface area contributed by atoms with Gasteiger partial charge in [-0.2, -0.15) is 0 Å². The van der Waals surface area contributed by atoms with Gasteiger partial charge in [0.05, 0.1) is 5.56 Å². The van der Waals surface area contributed by atoms with Crippen LogP contribution in [0.1, 0.15) is 28.8 Å². The van der Waals surface area contributed by atoms with Crippen molar-refractivity contribution >= 4 is 5.91 Å². The van der Waals surface area contributed by atoms with Crippen LogP contribution < -0.4 is 5.73 Å².